The molecule has 122 valence electrons. The lowest BCUT2D eigenvalue weighted by molar-refractivity contribution is -0.127. The third-order valence-corrected chi connectivity index (χ3v) is 4.10. The summed E-state index contributed by atoms with van der Waals surface area (Å²) in [6, 6.07) is 22.0. The molecule has 0 aliphatic heterocycles. The second-order valence-electron chi connectivity index (χ2n) is 5.88. The topological polar surface area (TPSA) is 38.3 Å². The molecule has 0 bridgehead atoms. The molecule has 0 saturated carbocycles. The fourth-order valence-corrected chi connectivity index (χ4v) is 2.71. The van der Waals surface area contributed by atoms with Gasteiger partial charge in [0.05, 0.1) is 0 Å². The number of ether oxygens (including phenoxy) is 1. The monoisotopic (exact) mass is 319 g/mol. The average Bonchev–Trinajstić information content (AvgIpc) is 2.61. The van der Waals surface area contributed by atoms with Crippen molar-refractivity contribution in [1.29, 1.82) is 0 Å². The third-order valence-electron chi connectivity index (χ3n) is 4.10. The zero-order valence-corrected chi connectivity index (χ0v) is 14.0. The Morgan fingerprint density at radius 2 is 1.71 bits per heavy atom. The number of carbonyl (C=O) groups excluding carboxylic acids is 1. The maximum Gasteiger partial charge on any atom is 0.261 e. The third kappa shape index (κ3) is 3.57. The Kier molecular flexibility index (Phi) is 4.80. The summed E-state index contributed by atoms with van der Waals surface area (Å²) in [5.41, 5.74) is 2.12. The molecular weight excluding hydrogens is 298 g/mol. The second kappa shape index (κ2) is 7.18. The van der Waals surface area contributed by atoms with Crippen LogP contribution in [-0.2, 0) is 11.3 Å². The molecule has 3 heteroatoms. The van der Waals surface area contributed by atoms with Gasteiger partial charge in [0.1, 0.15) is 5.75 Å². The number of para-hydroxylation sites is 1. The summed E-state index contributed by atoms with van der Waals surface area (Å²) < 4.78 is 5.77. The van der Waals surface area contributed by atoms with Gasteiger partial charge >= 0.3 is 0 Å². The van der Waals surface area contributed by atoms with Crippen LogP contribution in [0.3, 0.4) is 0 Å². The van der Waals surface area contributed by atoms with E-state index < -0.39 is 6.10 Å². The van der Waals surface area contributed by atoms with E-state index in [1.165, 1.54) is 5.39 Å². The minimum atomic E-state index is -0.541. The largest absolute Gasteiger partial charge is 0.481 e. The molecule has 1 N–H and O–H groups in total. The van der Waals surface area contributed by atoms with Crippen LogP contribution in [0.25, 0.3) is 10.8 Å². The van der Waals surface area contributed by atoms with Crippen LogP contribution >= 0.6 is 0 Å². The predicted molar refractivity (Wildman–Crippen MR) is 97.1 cm³/mol. The Morgan fingerprint density at radius 3 is 2.54 bits per heavy atom. The van der Waals surface area contributed by atoms with E-state index in [4.69, 9.17) is 4.74 Å². The van der Waals surface area contributed by atoms with E-state index in [1.54, 1.807) is 6.92 Å². The van der Waals surface area contributed by atoms with Gasteiger partial charge in [0.25, 0.3) is 5.91 Å². The van der Waals surface area contributed by atoms with Crippen LogP contribution < -0.4 is 10.1 Å². The van der Waals surface area contributed by atoms with Crippen molar-refractivity contribution in [3.05, 3.63) is 77.9 Å². The molecule has 0 spiro atoms. The van der Waals surface area contributed by atoms with Crippen molar-refractivity contribution < 1.29 is 9.53 Å². The molecule has 24 heavy (non-hydrogen) atoms. The maximum absolute atomic E-state index is 12.3. The van der Waals surface area contributed by atoms with Crippen molar-refractivity contribution in [1.82, 2.24) is 5.32 Å². The van der Waals surface area contributed by atoms with Crippen LogP contribution in [-0.4, -0.2) is 12.0 Å². The Hall–Kier alpha value is -2.81. The molecule has 0 aliphatic carbocycles. The van der Waals surface area contributed by atoms with Crippen LogP contribution in [0.1, 0.15) is 18.1 Å². The van der Waals surface area contributed by atoms with Gasteiger partial charge in [-0.05, 0) is 41.8 Å². The van der Waals surface area contributed by atoms with Crippen LogP contribution in [0.15, 0.2) is 66.7 Å². The van der Waals surface area contributed by atoms with Crippen molar-refractivity contribution in [2.45, 2.75) is 26.5 Å². The summed E-state index contributed by atoms with van der Waals surface area (Å²) in [5, 5.41) is 5.30. The Morgan fingerprint density at radius 1 is 1.00 bits per heavy atom. The number of benzene rings is 3. The Labute approximate surface area is 142 Å². The van der Waals surface area contributed by atoms with E-state index in [2.05, 4.69) is 23.5 Å². The standard InChI is InChI=1S/C21H21NO2/c1-15-8-3-6-13-20(15)24-16(2)21(23)22-14-18-11-7-10-17-9-4-5-12-19(17)18/h3-13,16H,14H2,1-2H3,(H,22,23)/t16-/m1/s1. The van der Waals surface area contributed by atoms with Gasteiger partial charge in [-0.3, -0.25) is 4.79 Å². The second-order valence-corrected chi connectivity index (χ2v) is 5.88. The molecular formula is C21H21NO2. The lowest BCUT2D eigenvalue weighted by atomic mass is 10.0. The SMILES string of the molecule is Cc1ccccc1O[C@H](C)C(=O)NCc1cccc2ccccc12. The number of amides is 1. The Bertz CT molecular complexity index is 852. The van der Waals surface area contributed by atoms with E-state index >= 15 is 0 Å². The molecule has 0 radical (unpaired) electrons. The number of nitrogens with one attached hydrogen (secondary N) is 1. The first-order chi connectivity index (χ1) is 11.6. The highest BCUT2D eigenvalue weighted by molar-refractivity contribution is 5.86. The summed E-state index contributed by atoms with van der Waals surface area (Å²) in [5.74, 6) is 0.622. The van der Waals surface area contributed by atoms with E-state index in [-0.39, 0.29) is 5.91 Å². The lowest BCUT2D eigenvalue weighted by Crippen LogP contribution is -2.36. The van der Waals surface area contributed by atoms with Crippen molar-refractivity contribution in [3.63, 3.8) is 0 Å². The number of hydrogen-bond acceptors (Lipinski definition) is 2. The van der Waals surface area contributed by atoms with Crippen LogP contribution in [0, 0.1) is 6.92 Å². The van der Waals surface area contributed by atoms with Crippen molar-refractivity contribution >= 4 is 16.7 Å². The summed E-state index contributed by atoms with van der Waals surface area (Å²) >= 11 is 0. The average molecular weight is 319 g/mol. The molecule has 0 fully saturated rings. The molecule has 0 aliphatic rings. The van der Waals surface area contributed by atoms with Crippen molar-refractivity contribution in [2.24, 2.45) is 0 Å². The smallest absolute Gasteiger partial charge is 0.261 e. The highest BCUT2D eigenvalue weighted by Crippen LogP contribution is 2.19. The summed E-state index contributed by atoms with van der Waals surface area (Å²) in [7, 11) is 0. The molecule has 3 rings (SSSR count). The molecule has 0 saturated heterocycles. The first-order valence-corrected chi connectivity index (χ1v) is 8.12. The first-order valence-electron chi connectivity index (χ1n) is 8.12. The zero-order chi connectivity index (χ0) is 16.9. The molecule has 3 nitrogen and oxygen atoms in total. The number of hydrogen-bond donors (Lipinski definition) is 1. The summed E-state index contributed by atoms with van der Waals surface area (Å²) in [6.45, 7) is 4.22. The molecule has 1 atom stereocenters. The van der Waals surface area contributed by atoms with Gasteiger partial charge < -0.3 is 10.1 Å². The molecule has 3 aromatic rings. The number of aryl methyl sites for hydroxylation is 1. The molecule has 0 unspecified atom stereocenters. The van der Waals surface area contributed by atoms with Gasteiger partial charge in [0.15, 0.2) is 6.10 Å². The number of fused-ring (bicyclic) bond motifs is 1. The normalized spacial score (nSPS) is 11.9. The molecule has 1 amide bonds. The van der Waals surface area contributed by atoms with Gasteiger partial charge in [0, 0.05) is 6.54 Å². The summed E-state index contributed by atoms with van der Waals surface area (Å²) in [4.78, 5) is 12.3. The van der Waals surface area contributed by atoms with Crippen LogP contribution in [0.4, 0.5) is 0 Å². The van der Waals surface area contributed by atoms with Gasteiger partial charge in [-0.25, -0.2) is 0 Å². The predicted octanol–water partition coefficient (Wildman–Crippen LogP) is 4.23. The zero-order valence-electron chi connectivity index (χ0n) is 14.0. The minimum Gasteiger partial charge on any atom is -0.481 e. The van der Waals surface area contributed by atoms with E-state index in [1.807, 2.05) is 55.5 Å². The highest BCUT2D eigenvalue weighted by atomic mass is 16.5. The lowest BCUT2D eigenvalue weighted by Gasteiger charge is -2.16. The molecule has 0 aromatic heterocycles. The van der Waals surface area contributed by atoms with E-state index in [0.29, 0.717) is 6.54 Å². The Balaban J connectivity index is 1.65. The minimum absolute atomic E-state index is 0.119. The van der Waals surface area contributed by atoms with E-state index in [9.17, 15) is 4.79 Å². The molecule has 0 heterocycles. The van der Waals surface area contributed by atoms with Crippen LogP contribution in [0.5, 0.6) is 5.75 Å². The summed E-state index contributed by atoms with van der Waals surface area (Å²) in [6.07, 6.45) is -0.541. The van der Waals surface area contributed by atoms with Crippen molar-refractivity contribution in [2.75, 3.05) is 0 Å². The molecule has 3 aromatic carbocycles. The fourth-order valence-electron chi connectivity index (χ4n) is 2.71. The first kappa shape index (κ1) is 16.1. The maximum atomic E-state index is 12.3. The van der Waals surface area contributed by atoms with Gasteiger partial charge in [-0.1, -0.05) is 60.7 Å². The fraction of sp³-hybridized carbons (Fsp3) is 0.190. The number of rotatable bonds is 5. The number of carbonyl (C=O) groups is 1. The van der Waals surface area contributed by atoms with Crippen molar-refractivity contribution in [3.8, 4) is 5.75 Å². The quantitative estimate of drug-likeness (QED) is 0.764. The van der Waals surface area contributed by atoms with Gasteiger partial charge in [-0.15, -0.1) is 0 Å². The van der Waals surface area contributed by atoms with Gasteiger partial charge in [0.2, 0.25) is 0 Å². The van der Waals surface area contributed by atoms with Gasteiger partial charge in [-0.2, -0.15) is 0 Å². The van der Waals surface area contributed by atoms with Crippen LogP contribution in [0.2, 0.25) is 0 Å². The highest BCUT2D eigenvalue weighted by Gasteiger charge is 2.15. The van der Waals surface area contributed by atoms with E-state index in [0.717, 1.165) is 22.3 Å².